The number of pyridine rings is 1. The molecule has 0 fully saturated rings. The van der Waals surface area contributed by atoms with E-state index in [9.17, 15) is 10.1 Å². The van der Waals surface area contributed by atoms with Crippen LogP contribution in [0.2, 0.25) is 0 Å². The van der Waals surface area contributed by atoms with Crippen molar-refractivity contribution in [3.8, 4) is 11.8 Å². The first-order valence-electron chi connectivity index (χ1n) is 4.56. The molecule has 2 aromatic heterocycles. The quantitative estimate of drug-likeness (QED) is 0.694. The Bertz CT molecular complexity index is 569. The van der Waals surface area contributed by atoms with Crippen LogP contribution in [0.15, 0.2) is 22.8 Å². The van der Waals surface area contributed by atoms with Crippen LogP contribution in [0.5, 0.6) is 11.8 Å². The van der Waals surface area contributed by atoms with Crippen molar-refractivity contribution in [1.29, 1.82) is 0 Å². The van der Waals surface area contributed by atoms with Crippen molar-refractivity contribution in [1.82, 2.24) is 15.2 Å². The third-order valence-electron chi connectivity index (χ3n) is 1.88. The molecule has 0 spiro atoms. The third kappa shape index (κ3) is 2.59. The summed E-state index contributed by atoms with van der Waals surface area (Å²) in [6, 6.07) is 2.94. The highest BCUT2D eigenvalue weighted by Gasteiger charge is 2.18. The van der Waals surface area contributed by atoms with Gasteiger partial charge in [-0.05, 0) is 22.9 Å². The fourth-order valence-corrected chi connectivity index (χ4v) is 1.49. The van der Waals surface area contributed by atoms with Crippen LogP contribution in [-0.2, 0) is 0 Å². The second-order valence-electron chi connectivity index (χ2n) is 3.23. The first-order chi connectivity index (χ1) is 8.06. The van der Waals surface area contributed by atoms with Gasteiger partial charge in [0.1, 0.15) is 0 Å². The van der Waals surface area contributed by atoms with Crippen molar-refractivity contribution in [2.45, 2.75) is 6.92 Å². The largest absolute Gasteiger partial charge is 0.413 e. The van der Waals surface area contributed by atoms with Crippen molar-refractivity contribution >= 4 is 21.6 Å². The van der Waals surface area contributed by atoms with Gasteiger partial charge in [0, 0.05) is 28.5 Å². The van der Waals surface area contributed by atoms with Gasteiger partial charge in [-0.15, -0.1) is 5.10 Å². The number of nitrogens with one attached hydrogen (secondary N) is 1. The molecule has 0 aliphatic rings. The molecule has 7 nitrogen and oxygen atoms in total. The Balaban J connectivity index is 2.35. The van der Waals surface area contributed by atoms with Gasteiger partial charge in [-0.25, -0.2) is 4.98 Å². The molecule has 0 unspecified atom stereocenters. The zero-order valence-electron chi connectivity index (χ0n) is 8.68. The topological polar surface area (TPSA) is 93.9 Å². The van der Waals surface area contributed by atoms with Crippen molar-refractivity contribution in [2.24, 2.45) is 0 Å². The lowest BCUT2D eigenvalue weighted by molar-refractivity contribution is -0.386. The molecule has 17 heavy (non-hydrogen) atoms. The van der Waals surface area contributed by atoms with Crippen molar-refractivity contribution < 1.29 is 9.66 Å². The van der Waals surface area contributed by atoms with E-state index in [0.717, 1.165) is 5.69 Å². The normalized spacial score (nSPS) is 10.2. The van der Waals surface area contributed by atoms with E-state index < -0.39 is 4.92 Å². The summed E-state index contributed by atoms with van der Waals surface area (Å²) < 4.78 is 5.74. The van der Waals surface area contributed by atoms with E-state index in [4.69, 9.17) is 4.74 Å². The summed E-state index contributed by atoms with van der Waals surface area (Å²) in [7, 11) is 0. The van der Waals surface area contributed by atoms with Crippen molar-refractivity contribution in [2.75, 3.05) is 0 Å². The van der Waals surface area contributed by atoms with Crippen LogP contribution in [0, 0.1) is 17.0 Å². The zero-order chi connectivity index (χ0) is 12.4. The first-order valence-corrected chi connectivity index (χ1v) is 5.35. The minimum Gasteiger partial charge on any atom is -0.413 e. The number of aromatic nitrogens is 3. The zero-order valence-corrected chi connectivity index (χ0v) is 10.3. The van der Waals surface area contributed by atoms with E-state index in [1.54, 1.807) is 13.0 Å². The maximum Gasteiger partial charge on any atom is 0.332 e. The van der Waals surface area contributed by atoms with E-state index in [1.807, 2.05) is 0 Å². The number of nitrogens with zero attached hydrogens (tertiary/aromatic N) is 3. The van der Waals surface area contributed by atoms with Crippen LogP contribution in [-0.4, -0.2) is 20.1 Å². The number of H-pyrrole nitrogens is 1. The van der Waals surface area contributed by atoms with Gasteiger partial charge in [-0.2, -0.15) is 0 Å². The fraction of sp³-hybridized carbons (Fsp3) is 0.111. The van der Waals surface area contributed by atoms with E-state index in [-0.39, 0.29) is 17.4 Å². The Morgan fingerprint density at radius 2 is 2.29 bits per heavy atom. The average molecular weight is 299 g/mol. The van der Waals surface area contributed by atoms with Crippen LogP contribution >= 0.6 is 15.9 Å². The maximum atomic E-state index is 10.8. The van der Waals surface area contributed by atoms with E-state index in [1.165, 1.54) is 12.3 Å². The molecule has 0 bridgehead atoms. The van der Waals surface area contributed by atoms with Crippen LogP contribution in [0.3, 0.4) is 0 Å². The van der Waals surface area contributed by atoms with Crippen LogP contribution in [0.4, 0.5) is 5.69 Å². The van der Waals surface area contributed by atoms with E-state index in [2.05, 4.69) is 31.1 Å². The molecule has 2 aromatic rings. The maximum absolute atomic E-state index is 10.8. The lowest BCUT2D eigenvalue weighted by atomic mass is 10.4. The monoisotopic (exact) mass is 298 g/mol. The van der Waals surface area contributed by atoms with Gasteiger partial charge in [-0.1, -0.05) is 0 Å². The lowest BCUT2D eigenvalue weighted by Gasteiger charge is -2.01. The van der Waals surface area contributed by atoms with Crippen molar-refractivity contribution in [3.63, 3.8) is 0 Å². The smallest absolute Gasteiger partial charge is 0.332 e. The summed E-state index contributed by atoms with van der Waals surface area (Å²) in [4.78, 5) is 14.1. The highest BCUT2D eigenvalue weighted by atomic mass is 79.9. The SMILES string of the molecule is Cc1cc(Oc2ncc(Br)cc2[N+](=O)[O-])n[nH]1. The Morgan fingerprint density at radius 1 is 1.53 bits per heavy atom. The minimum absolute atomic E-state index is 0.0929. The second-order valence-corrected chi connectivity index (χ2v) is 4.14. The molecule has 0 saturated heterocycles. The number of aromatic amines is 1. The standard InChI is InChI=1S/C9H7BrN4O3/c1-5-2-8(13-12-5)17-9-7(14(15)16)3-6(10)4-11-9/h2-4H,1H3,(H,12,13). The van der Waals surface area contributed by atoms with Gasteiger partial charge < -0.3 is 4.74 Å². The minimum atomic E-state index is -0.563. The summed E-state index contributed by atoms with van der Waals surface area (Å²) in [6.45, 7) is 1.79. The van der Waals surface area contributed by atoms with Crippen LogP contribution in [0.25, 0.3) is 0 Å². The molecule has 0 amide bonds. The van der Waals surface area contributed by atoms with Gasteiger partial charge >= 0.3 is 11.6 Å². The van der Waals surface area contributed by atoms with Crippen LogP contribution in [0.1, 0.15) is 5.69 Å². The number of ether oxygens (including phenoxy) is 1. The average Bonchev–Trinajstić information content (AvgIpc) is 2.66. The second kappa shape index (κ2) is 4.50. The van der Waals surface area contributed by atoms with Gasteiger partial charge in [-0.3, -0.25) is 15.2 Å². The highest BCUT2D eigenvalue weighted by Crippen LogP contribution is 2.30. The number of aryl methyl sites for hydroxylation is 1. The molecule has 0 saturated carbocycles. The summed E-state index contributed by atoms with van der Waals surface area (Å²) in [5, 5.41) is 17.3. The predicted octanol–water partition coefficient (Wildman–Crippen LogP) is 2.58. The van der Waals surface area contributed by atoms with Gasteiger partial charge in [0.2, 0.25) is 5.88 Å². The molecule has 1 N–H and O–H groups in total. The number of rotatable bonds is 3. The Hall–Kier alpha value is -1.96. The van der Waals surface area contributed by atoms with Gasteiger partial charge in [0.25, 0.3) is 0 Å². The third-order valence-corrected chi connectivity index (χ3v) is 2.31. The summed E-state index contributed by atoms with van der Waals surface area (Å²) in [6.07, 6.45) is 1.42. The summed E-state index contributed by atoms with van der Waals surface area (Å²) >= 11 is 3.11. The van der Waals surface area contributed by atoms with E-state index in [0.29, 0.717) is 4.47 Å². The summed E-state index contributed by atoms with van der Waals surface area (Å²) in [5.74, 6) is 0.144. The Labute approximate surface area is 104 Å². The molecule has 8 heteroatoms. The van der Waals surface area contributed by atoms with E-state index >= 15 is 0 Å². The molecule has 0 radical (unpaired) electrons. The van der Waals surface area contributed by atoms with Crippen LogP contribution < -0.4 is 4.74 Å². The molecular formula is C9H7BrN4O3. The van der Waals surface area contributed by atoms with Gasteiger partial charge in [0.05, 0.1) is 4.92 Å². The number of hydrogen-bond acceptors (Lipinski definition) is 5. The molecule has 2 heterocycles. The first kappa shape index (κ1) is 11.5. The number of hydrogen-bond donors (Lipinski definition) is 1. The highest BCUT2D eigenvalue weighted by molar-refractivity contribution is 9.10. The van der Waals surface area contributed by atoms with Crippen molar-refractivity contribution in [3.05, 3.63) is 38.6 Å². The fourth-order valence-electron chi connectivity index (χ4n) is 1.17. The molecule has 2 rings (SSSR count). The Kier molecular flexibility index (Phi) is 3.05. The predicted molar refractivity (Wildman–Crippen MR) is 62.0 cm³/mol. The molecule has 0 aliphatic heterocycles. The molecular weight excluding hydrogens is 292 g/mol. The molecule has 0 aromatic carbocycles. The lowest BCUT2D eigenvalue weighted by Crippen LogP contribution is -1.96. The molecule has 0 aliphatic carbocycles. The number of halogens is 1. The molecule has 88 valence electrons. The molecule has 0 atom stereocenters. The summed E-state index contributed by atoms with van der Waals surface area (Å²) in [5.41, 5.74) is 0.569. The Morgan fingerprint density at radius 3 is 2.88 bits per heavy atom. The van der Waals surface area contributed by atoms with Gasteiger partial charge in [0.15, 0.2) is 0 Å². The number of nitro groups is 1.